The van der Waals surface area contributed by atoms with E-state index >= 15 is 0 Å². The Bertz CT molecular complexity index is 3680. The Labute approximate surface area is 361 Å². The molecular weight excluding hydrogens is 751 g/mol. The van der Waals surface area contributed by atoms with Crippen LogP contribution < -0.4 is 4.90 Å². The van der Waals surface area contributed by atoms with Crippen molar-refractivity contribution in [3.05, 3.63) is 210 Å². The van der Waals surface area contributed by atoms with Crippen molar-refractivity contribution in [1.29, 1.82) is 0 Å². The average molecular weight is 794 g/mol. The van der Waals surface area contributed by atoms with Gasteiger partial charge in [0.05, 0.1) is 11.4 Å². The maximum Gasteiger partial charge on any atom is 0.143 e. The van der Waals surface area contributed by atoms with E-state index < -0.39 is 0 Å². The molecule has 0 saturated carbocycles. The topological polar surface area (TPSA) is 16.4 Å². The van der Waals surface area contributed by atoms with Gasteiger partial charge >= 0.3 is 0 Å². The van der Waals surface area contributed by atoms with Crippen molar-refractivity contribution in [3.63, 3.8) is 0 Å². The Morgan fingerprint density at radius 2 is 0.871 bits per heavy atom. The number of furan rings is 1. The lowest BCUT2D eigenvalue weighted by Crippen LogP contribution is -2.18. The van der Waals surface area contributed by atoms with Crippen molar-refractivity contribution >= 4 is 71.3 Å². The van der Waals surface area contributed by atoms with Gasteiger partial charge in [0.15, 0.2) is 0 Å². The Balaban J connectivity index is 1.22. The van der Waals surface area contributed by atoms with Gasteiger partial charge in [-0.1, -0.05) is 185 Å². The zero-order valence-electron chi connectivity index (χ0n) is 35.3. The lowest BCUT2D eigenvalue weighted by molar-refractivity contribution is 0.660. The molecule has 2 heteroatoms. The summed E-state index contributed by atoms with van der Waals surface area (Å²) in [6, 6.07) is 69.9. The van der Waals surface area contributed by atoms with E-state index in [4.69, 9.17) is 4.42 Å². The predicted octanol–water partition coefficient (Wildman–Crippen LogP) is 16.8. The molecule has 1 heterocycles. The minimum atomic E-state index is -0.179. The molecule has 0 fully saturated rings. The van der Waals surface area contributed by atoms with E-state index in [2.05, 4.69) is 221 Å². The molecule has 0 amide bonds. The standard InChI is InChI=1S/C60H43NO/c1-59(2)49-27-13-10-23-46(49)56-50(59)28-16-29-52(56)61(36-31-32-41-40-20-9-12-26-48(40)60(3,4)51(41)35-36)53-34-33-44-39-19-6-5-17-37(39)38-18-7-8-22-43(38)55(44)57(53)47-25-15-24-45-42-21-11-14-30-54(42)62-58(45)47/h5-35H,1-4H3. The molecular formula is C60H43NO. The summed E-state index contributed by atoms with van der Waals surface area (Å²) >= 11 is 0. The normalized spacial score (nSPS) is 14.4. The average Bonchev–Trinajstić information content (AvgIpc) is 3.89. The van der Waals surface area contributed by atoms with E-state index in [9.17, 15) is 0 Å². The molecule has 62 heavy (non-hydrogen) atoms. The summed E-state index contributed by atoms with van der Waals surface area (Å²) < 4.78 is 6.99. The molecule has 0 radical (unpaired) electrons. The summed E-state index contributed by atoms with van der Waals surface area (Å²) in [5.74, 6) is 0. The molecule has 0 N–H and O–H groups in total. The van der Waals surface area contributed by atoms with Gasteiger partial charge in [0, 0.05) is 49.4 Å². The highest BCUT2D eigenvalue weighted by atomic mass is 16.3. The molecule has 0 spiro atoms. The van der Waals surface area contributed by atoms with E-state index in [1.54, 1.807) is 0 Å². The van der Waals surface area contributed by atoms with Crippen molar-refractivity contribution in [2.75, 3.05) is 4.90 Å². The quantitative estimate of drug-likeness (QED) is 0.165. The Morgan fingerprint density at radius 1 is 0.355 bits per heavy atom. The fraction of sp³-hybridized carbons (Fsp3) is 0.100. The van der Waals surface area contributed by atoms with Crippen LogP contribution in [-0.2, 0) is 10.8 Å². The van der Waals surface area contributed by atoms with Gasteiger partial charge in [0.25, 0.3) is 0 Å². The first-order chi connectivity index (χ1) is 30.3. The molecule has 0 saturated heterocycles. The number of rotatable bonds is 4. The van der Waals surface area contributed by atoms with Gasteiger partial charge < -0.3 is 9.32 Å². The summed E-state index contributed by atoms with van der Waals surface area (Å²) in [6.45, 7) is 9.52. The molecule has 11 aromatic rings. The van der Waals surface area contributed by atoms with Crippen LogP contribution in [0.4, 0.5) is 17.1 Å². The van der Waals surface area contributed by atoms with Crippen LogP contribution in [0.25, 0.3) is 87.6 Å². The highest BCUT2D eigenvalue weighted by Gasteiger charge is 2.40. The Kier molecular flexibility index (Phi) is 7.16. The molecule has 0 unspecified atom stereocenters. The maximum atomic E-state index is 6.99. The smallest absolute Gasteiger partial charge is 0.143 e. The molecule has 10 aromatic carbocycles. The predicted molar refractivity (Wildman–Crippen MR) is 261 cm³/mol. The van der Waals surface area contributed by atoms with Crippen LogP contribution in [0.1, 0.15) is 49.9 Å². The molecule has 0 bridgehead atoms. The van der Waals surface area contributed by atoms with Gasteiger partial charge in [0.1, 0.15) is 11.2 Å². The fourth-order valence-electron chi connectivity index (χ4n) is 11.5. The van der Waals surface area contributed by atoms with Gasteiger partial charge in [-0.15, -0.1) is 0 Å². The zero-order chi connectivity index (χ0) is 41.5. The SMILES string of the molecule is CC1(C)c2ccccc2-c2ccc(N(c3cccc4c3-c3ccccc3C4(C)C)c3ccc4c5ccccc5c5ccccc5c4c3-c3cccc4c3oc3ccccc34)cc21. The van der Waals surface area contributed by atoms with E-state index in [1.165, 1.54) is 76.8 Å². The monoisotopic (exact) mass is 793 g/mol. The summed E-state index contributed by atoms with van der Waals surface area (Å²) in [7, 11) is 0. The summed E-state index contributed by atoms with van der Waals surface area (Å²) in [5, 5.41) is 9.65. The van der Waals surface area contributed by atoms with Crippen molar-refractivity contribution in [2.24, 2.45) is 0 Å². The molecule has 1 aromatic heterocycles. The molecule has 0 atom stereocenters. The highest BCUT2D eigenvalue weighted by Crippen LogP contribution is 2.58. The van der Waals surface area contributed by atoms with Gasteiger partial charge in [-0.05, 0) is 96.2 Å². The lowest BCUT2D eigenvalue weighted by Gasteiger charge is -2.32. The van der Waals surface area contributed by atoms with Gasteiger partial charge in [0.2, 0.25) is 0 Å². The molecule has 2 aliphatic rings. The number of fused-ring (bicyclic) bond motifs is 15. The number of para-hydroxylation sites is 2. The number of hydrogen-bond acceptors (Lipinski definition) is 2. The fourth-order valence-corrected chi connectivity index (χ4v) is 11.5. The summed E-state index contributed by atoms with van der Waals surface area (Å²) in [5.41, 5.74) is 17.7. The minimum absolute atomic E-state index is 0.170. The minimum Gasteiger partial charge on any atom is -0.455 e. The van der Waals surface area contributed by atoms with Crippen molar-refractivity contribution in [2.45, 2.75) is 38.5 Å². The number of benzene rings is 10. The largest absolute Gasteiger partial charge is 0.455 e. The van der Waals surface area contributed by atoms with E-state index in [0.717, 1.165) is 50.1 Å². The van der Waals surface area contributed by atoms with E-state index in [0.29, 0.717) is 0 Å². The van der Waals surface area contributed by atoms with E-state index in [1.807, 2.05) is 0 Å². The van der Waals surface area contributed by atoms with Crippen LogP contribution in [0, 0.1) is 0 Å². The van der Waals surface area contributed by atoms with Gasteiger partial charge in [-0.25, -0.2) is 0 Å². The molecule has 294 valence electrons. The molecule has 2 nitrogen and oxygen atoms in total. The van der Waals surface area contributed by atoms with Crippen LogP contribution in [0.3, 0.4) is 0 Å². The Morgan fingerprint density at radius 3 is 1.65 bits per heavy atom. The third-order valence-electron chi connectivity index (χ3n) is 14.5. The lowest BCUT2D eigenvalue weighted by atomic mass is 9.82. The van der Waals surface area contributed by atoms with Gasteiger partial charge in [-0.3, -0.25) is 0 Å². The first kappa shape index (κ1) is 35.3. The van der Waals surface area contributed by atoms with Crippen LogP contribution in [0.15, 0.2) is 192 Å². The van der Waals surface area contributed by atoms with Crippen molar-refractivity contribution in [1.82, 2.24) is 0 Å². The van der Waals surface area contributed by atoms with Crippen LogP contribution in [0.5, 0.6) is 0 Å². The third-order valence-corrected chi connectivity index (χ3v) is 14.5. The second kappa shape index (κ2) is 12.6. The zero-order valence-corrected chi connectivity index (χ0v) is 35.3. The third kappa shape index (κ3) is 4.64. The van der Waals surface area contributed by atoms with E-state index in [-0.39, 0.29) is 10.8 Å². The van der Waals surface area contributed by atoms with Gasteiger partial charge in [-0.2, -0.15) is 0 Å². The van der Waals surface area contributed by atoms with Crippen LogP contribution in [0.2, 0.25) is 0 Å². The second-order valence-electron chi connectivity index (χ2n) is 18.4. The number of hydrogen-bond donors (Lipinski definition) is 0. The van der Waals surface area contributed by atoms with Crippen LogP contribution in [-0.4, -0.2) is 0 Å². The number of anilines is 3. The molecule has 0 aliphatic heterocycles. The number of nitrogens with zero attached hydrogens (tertiary/aromatic N) is 1. The van der Waals surface area contributed by atoms with Crippen molar-refractivity contribution in [3.8, 4) is 33.4 Å². The first-order valence-corrected chi connectivity index (χ1v) is 21.9. The Hall–Kier alpha value is -7.42. The first-order valence-electron chi connectivity index (χ1n) is 21.9. The maximum absolute atomic E-state index is 6.99. The molecule has 2 aliphatic carbocycles. The highest BCUT2D eigenvalue weighted by molar-refractivity contribution is 6.31. The second-order valence-corrected chi connectivity index (χ2v) is 18.4. The van der Waals surface area contributed by atoms with Crippen molar-refractivity contribution < 1.29 is 4.42 Å². The van der Waals surface area contributed by atoms with Crippen LogP contribution >= 0.6 is 0 Å². The molecule has 13 rings (SSSR count). The summed E-state index contributed by atoms with van der Waals surface area (Å²) in [4.78, 5) is 2.58. The summed E-state index contributed by atoms with van der Waals surface area (Å²) in [6.07, 6.45) is 0.